The summed E-state index contributed by atoms with van der Waals surface area (Å²) in [6, 6.07) is 11.3. The van der Waals surface area contributed by atoms with E-state index in [1.54, 1.807) is 6.07 Å². The Morgan fingerprint density at radius 2 is 2.00 bits per heavy atom. The lowest BCUT2D eigenvalue weighted by atomic mass is 9.66. The van der Waals surface area contributed by atoms with Crippen molar-refractivity contribution in [3.05, 3.63) is 53.1 Å². The van der Waals surface area contributed by atoms with E-state index in [0.29, 0.717) is 18.7 Å². The second-order valence-electron chi connectivity index (χ2n) is 9.42. The summed E-state index contributed by atoms with van der Waals surface area (Å²) in [4.78, 5) is 15.2. The number of aromatic hydroxyl groups is 1. The number of likely N-dealkylation sites (tertiary alicyclic amines) is 1. The number of amides is 1. The van der Waals surface area contributed by atoms with Crippen LogP contribution in [0.4, 0.5) is 5.69 Å². The Labute approximate surface area is 190 Å². The molecule has 172 valence electrons. The van der Waals surface area contributed by atoms with Gasteiger partial charge in [0.05, 0.1) is 19.3 Å². The van der Waals surface area contributed by atoms with Crippen LogP contribution in [-0.4, -0.2) is 46.8 Å². The molecule has 6 heteroatoms. The third kappa shape index (κ3) is 4.48. The van der Waals surface area contributed by atoms with Crippen LogP contribution in [0.3, 0.4) is 0 Å². The largest absolute Gasteiger partial charge is 0.504 e. The van der Waals surface area contributed by atoms with E-state index in [0.717, 1.165) is 48.1 Å². The summed E-state index contributed by atoms with van der Waals surface area (Å²) in [5.74, 6) is 0.472. The third-order valence-electron chi connectivity index (χ3n) is 7.22. The Bertz CT molecular complexity index is 992. The van der Waals surface area contributed by atoms with Gasteiger partial charge in [-0.3, -0.25) is 9.69 Å². The molecule has 1 amide bonds. The van der Waals surface area contributed by atoms with Crippen molar-refractivity contribution in [1.29, 1.82) is 0 Å². The van der Waals surface area contributed by atoms with Crippen LogP contribution in [0.2, 0.25) is 0 Å². The van der Waals surface area contributed by atoms with Crippen LogP contribution in [0, 0.1) is 19.8 Å². The van der Waals surface area contributed by atoms with E-state index in [-0.39, 0.29) is 30.2 Å². The minimum Gasteiger partial charge on any atom is -0.504 e. The number of phenols is 1. The van der Waals surface area contributed by atoms with E-state index in [9.17, 15) is 15.0 Å². The van der Waals surface area contributed by atoms with E-state index < -0.39 is 5.60 Å². The van der Waals surface area contributed by atoms with Gasteiger partial charge in [0, 0.05) is 24.2 Å². The molecule has 1 saturated heterocycles. The number of phenolic OH excluding ortho intramolecular Hbond substituents is 1. The highest BCUT2D eigenvalue weighted by molar-refractivity contribution is 5.93. The Kier molecular flexibility index (Phi) is 6.45. The van der Waals surface area contributed by atoms with E-state index in [2.05, 4.69) is 16.3 Å². The highest BCUT2D eigenvalue weighted by Crippen LogP contribution is 2.50. The van der Waals surface area contributed by atoms with Gasteiger partial charge < -0.3 is 20.3 Å². The molecular formula is C26H34N2O4. The van der Waals surface area contributed by atoms with Gasteiger partial charge in [-0.2, -0.15) is 0 Å². The van der Waals surface area contributed by atoms with Gasteiger partial charge in [-0.25, -0.2) is 0 Å². The summed E-state index contributed by atoms with van der Waals surface area (Å²) < 4.78 is 5.35. The number of aliphatic hydroxyl groups is 1. The predicted molar refractivity (Wildman–Crippen MR) is 125 cm³/mol. The fraction of sp³-hybridized carbons (Fsp3) is 0.500. The molecule has 0 spiro atoms. The number of rotatable bonds is 5. The van der Waals surface area contributed by atoms with Crippen LogP contribution in [-0.2, 0) is 4.79 Å². The Hall–Kier alpha value is -2.57. The predicted octanol–water partition coefficient (Wildman–Crippen LogP) is 4.32. The van der Waals surface area contributed by atoms with Crippen molar-refractivity contribution in [1.82, 2.24) is 4.90 Å². The molecule has 2 aromatic rings. The van der Waals surface area contributed by atoms with Gasteiger partial charge in [0.1, 0.15) is 0 Å². The number of fused-ring (bicyclic) bond motifs is 1. The molecule has 0 unspecified atom stereocenters. The molecule has 1 heterocycles. The summed E-state index contributed by atoms with van der Waals surface area (Å²) in [5.41, 5.74) is 3.28. The quantitative estimate of drug-likeness (QED) is 0.648. The number of methoxy groups -OCH3 is 1. The number of benzene rings is 2. The number of hydrogen-bond acceptors (Lipinski definition) is 5. The summed E-state index contributed by atoms with van der Waals surface area (Å²) in [7, 11) is 1.53. The van der Waals surface area contributed by atoms with Gasteiger partial charge in [-0.1, -0.05) is 36.6 Å². The van der Waals surface area contributed by atoms with Gasteiger partial charge in [0.2, 0.25) is 5.91 Å². The van der Waals surface area contributed by atoms with Gasteiger partial charge in [0.15, 0.2) is 11.5 Å². The molecule has 0 aromatic heterocycles. The number of hydrogen-bond donors (Lipinski definition) is 3. The first-order valence-electron chi connectivity index (χ1n) is 11.5. The van der Waals surface area contributed by atoms with Crippen LogP contribution in [0.15, 0.2) is 36.4 Å². The summed E-state index contributed by atoms with van der Waals surface area (Å²) in [6.07, 6.45) is 4.48. The molecule has 1 aliphatic heterocycles. The number of nitrogens with zero attached hydrogens (tertiary/aromatic N) is 1. The Morgan fingerprint density at radius 3 is 2.75 bits per heavy atom. The van der Waals surface area contributed by atoms with E-state index in [1.807, 2.05) is 38.1 Å². The number of carbonyl (C=O) groups is 1. The number of aryl methyl sites for hydroxylation is 2. The smallest absolute Gasteiger partial charge is 0.238 e. The number of anilines is 1. The van der Waals surface area contributed by atoms with Gasteiger partial charge in [-0.05, 0) is 62.4 Å². The first-order valence-corrected chi connectivity index (χ1v) is 11.5. The lowest BCUT2D eigenvalue weighted by molar-refractivity contribution is -0.135. The fourth-order valence-electron chi connectivity index (χ4n) is 5.57. The maximum atomic E-state index is 13.0. The summed E-state index contributed by atoms with van der Waals surface area (Å²) >= 11 is 0. The Morgan fingerprint density at radius 1 is 1.19 bits per heavy atom. The average molecular weight is 439 g/mol. The summed E-state index contributed by atoms with van der Waals surface area (Å²) in [6.45, 7) is 4.92. The van der Waals surface area contributed by atoms with Crippen LogP contribution in [0.1, 0.15) is 54.8 Å². The van der Waals surface area contributed by atoms with Crippen molar-refractivity contribution in [3.8, 4) is 11.5 Å². The van der Waals surface area contributed by atoms with Crippen molar-refractivity contribution in [3.63, 3.8) is 0 Å². The molecule has 0 radical (unpaired) electrons. The number of carbonyl (C=O) groups excluding carboxylic acids is 1. The molecule has 1 aliphatic carbocycles. The molecule has 3 atom stereocenters. The second-order valence-corrected chi connectivity index (χ2v) is 9.42. The molecule has 4 rings (SSSR count). The molecule has 1 saturated carbocycles. The number of ether oxygens (including phenoxy) is 1. The maximum absolute atomic E-state index is 13.0. The van der Waals surface area contributed by atoms with Crippen molar-refractivity contribution in [2.45, 2.75) is 57.6 Å². The monoisotopic (exact) mass is 438 g/mol. The van der Waals surface area contributed by atoms with E-state index in [4.69, 9.17) is 4.74 Å². The molecule has 32 heavy (non-hydrogen) atoms. The van der Waals surface area contributed by atoms with E-state index >= 15 is 0 Å². The van der Waals surface area contributed by atoms with Gasteiger partial charge in [-0.15, -0.1) is 0 Å². The van der Waals surface area contributed by atoms with Crippen molar-refractivity contribution < 1.29 is 19.7 Å². The molecular weight excluding hydrogens is 404 g/mol. The van der Waals surface area contributed by atoms with Gasteiger partial charge >= 0.3 is 0 Å². The van der Waals surface area contributed by atoms with Crippen LogP contribution in [0.5, 0.6) is 11.5 Å². The lowest BCUT2D eigenvalue weighted by Crippen LogP contribution is -2.56. The normalized spacial score (nSPS) is 25.8. The SMILES string of the molecule is COc1cc([C@H]2[C@@H]3CCCC[C@]3(O)CCN2CC(=O)Nc2ccc(C)cc2C)ccc1O. The zero-order chi connectivity index (χ0) is 22.9. The molecule has 6 nitrogen and oxygen atoms in total. The van der Waals surface area contributed by atoms with Crippen LogP contribution >= 0.6 is 0 Å². The highest BCUT2D eigenvalue weighted by Gasteiger charge is 2.49. The topological polar surface area (TPSA) is 82.0 Å². The van der Waals surface area contributed by atoms with Crippen molar-refractivity contribution in [2.75, 3.05) is 25.5 Å². The first-order chi connectivity index (χ1) is 15.3. The minimum absolute atomic E-state index is 0.0353. The standard InChI is InChI=1S/C26H34N2O4/c1-17-7-9-21(18(2)14-17)27-24(30)16-28-13-12-26(31)11-5-4-6-20(26)25(28)19-8-10-22(29)23(15-19)32-3/h7-10,14-15,20,25,29,31H,4-6,11-13,16H2,1-3H3,(H,27,30)/t20-,25-,26-/m0/s1. The molecule has 3 N–H and O–H groups in total. The number of nitrogens with one attached hydrogen (secondary N) is 1. The minimum atomic E-state index is -0.714. The van der Waals surface area contributed by atoms with Gasteiger partial charge in [0.25, 0.3) is 0 Å². The van der Waals surface area contributed by atoms with Crippen molar-refractivity contribution >= 4 is 11.6 Å². The fourth-order valence-corrected chi connectivity index (χ4v) is 5.57. The molecule has 2 aliphatic rings. The molecule has 2 fully saturated rings. The molecule has 0 bridgehead atoms. The number of piperidine rings is 1. The average Bonchev–Trinajstić information content (AvgIpc) is 2.76. The highest BCUT2D eigenvalue weighted by atomic mass is 16.5. The van der Waals surface area contributed by atoms with Crippen LogP contribution < -0.4 is 10.1 Å². The van der Waals surface area contributed by atoms with Crippen molar-refractivity contribution in [2.24, 2.45) is 5.92 Å². The maximum Gasteiger partial charge on any atom is 0.238 e. The summed E-state index contributed by atoms with van der Waals surface area (Å²) in [5, 5.41) is 24.6. The van der Waals surface area contributed by atoms with E-state index in [1.165, 1.54) is 7.11 Å². The lowest BCUT2D eigenvalue weighted by Gasteiger charge is -2.52. The zero-order valence-corrected chi connectivity index (χ0v) is 19.2. The third-order valence-corrected chi connectivity index (χ3v) is 7.22. The molecule has 2 aromatic carbocycles. The zero-order valence-electron chi connectivity index (χ0n) is 19.2. The second kappa shape index (κ2) is 9.12. The van der Waals surface area contributed by atoms with Crippen LogP contribution in [0.25, 0.3) is 0 Å². The first kappa shape index (κ1) is 22.6. The Balaban J connectivity index is 1.61.